The predicted molar refractivity (Wildman–Crippen MR) is 166 cm³/mol. The van der Waals surface area contributed by atoms with E-state index in [4.69, 9.17) is 6.42 Å². The van der Waals surface area contributed by atoms with Crippen LogP contribution in [0.2, 0.25) is 18.6 Å². The summed E-state index contributed by atoms with van der Waals surface area (Å²) in [4.78, 5) is 0. The second-order valence-corrected chi connectivity index (χ2v) is 16.2. The van der Waals surface area contributed by atoms with Gasteiger partial charge in [-0.05, 0) is 39.5 Å². The lowest BCUT2D eigenvalue weighted by molar-refractivity contribution is 0.846. The first-order chi connectivity index (χ1) is 18.1. The van der Waals surface area contributed by atoms with Crippen molar-refractivity contribution in [3.05, 3.63) is 113 Å². The molecule has 2 heteroatoms. The van der Waals surface area contributed by atoms with E-state index in [1.54, 1.807) is 0 Å². The average molecular weight is 514 g/mol. The van der Waals surface area contributed by atoms with E-state index in [1.807, 2.05) is 0 Å². The monoisotopic (exact) mass is 513 g/mol. The summed E-state index contributed by atoms with van der Waals surface area (Å²) in [5.74, 6) is 7.13. The van der Waals surface area contributed by atoms with Crippen molar-refractivity contribution < 1.29 is 0 Å². The molecule has 0 spiro atoms. The van der Waals surface area contributed by atoms with Crippen molar-refractivity contribution in [3.8, 4) is 23.8 Å². The Morgan fingerprint density at radius 1 is 0.676 bits per heavy atom. The Bertz CT molecular complexity index is 1340. The molecular weight excluding hydrogens is 477 g/mol. The highest BCUT2D eigenvalue weighted by molar-refractivity contribution is 7.06. The van der Waals surface area contributed by atoms with Crippen LogP contribution in [0.1, 0.15) is 50.7 Å². The summed E-state index contributed by atoms with van der Waals surface area (Å²) in [6.07, 6.45) is 11.4. The van der Waals surface area contributed by atoms with Crippen LogP contribution in [-0.4, -0.2) is 16.9 Å². The molecule has 1 aliphatic rings. The lowest BCUT2D eigenvalue weighted by Gasteiger charge is -2.25. The summed E-state index contributed by atoms with van der Waals surface area (Å²) in [6, 6.07) is 34.9. The van der Waals surface area contributed by atoms with E-state index < -0.39 is 16.9 Å². The first kappa shape index (κ1) is 26.7. The van der Waals surface area contributed by atoms with Crippen molar-refractivity contribution >= 4 is 33.2 Å². The van der Waals surface area contributed by atoms with Crippen molar-refractivity contribution in [2.45, 2.75) is 58.2 Å². The van der Waals surface area contributed by atoms with Crippen LogP contribution in [0.3, 0.4) is 0 Å². The molecule has 0 saturated heterocycles. The summed E-state index contributed by atoms with van der Waals surface area (Å²) in [7, 11) is -3.22. The maximum absolute atomic E-state index is 6.42. The molecule has 0 amide bonds. The van der Waals surface area contributed by atoms with Crippen molar-refractivity contribution in [3.63, 3.8) is 0 Å². The topological polar surface area (TPSA) is 0 Å². The van der Waals surface area contributed by atoms with E-state index >= 15 is 0 Å². The number of unbranched alkanes of at least 4 members (excludes halogenated alkanes) is 2. The zero-order valence-corrected chi connectivity index (χ0v) is 24.5. The van der Waals surface area contributed by atoms with Crippen LogP contribution in [0.25, 0.3) is 11.1 Å². The van der Waals surface area contributed by atoms with Crippen LogP contribution in [0, 0.1) is 23.8 Å². The minimum absolute atomic E-state index is 0.741. The fourth-order valence-corrected chi connectivity index (χ4v) is 11.6. The third kappa shape index (κ3) is 5.67. The molecule has 1 unspecified atom stereocenters. The van der Waals surface area contributed by atoms with Gasteiger partial charge in [0.15, 0.2) is 8.07 Å². The SMILES string of the molecule is C#CC1=C(c2ccccc2)C(c2ccccc2)=C(C#C[Si](CCCC)CCCC)[Si]1(C)c1ccccc1. The molecule has 0 aliphatic carbocycles. The molecule has 3 aromatic carbocycles. The van der Waals surface area contributed by atoms with E-state index in [9.17, 15) is 0 Å². The van der Waals surface area contributed by atoms with Crippen molar-refractivity contribution in [2.24, 2.45) is 0 Å². The number of hydrogen-bond acceptors (Lipinski definition) is 0. The number of hydrogen-bond donors (Lipinski definition) is 0. The quantitative estimate of drug-likeness (QED) is 0.200. The predicted octanol–water partition coefficient (Wildman–Crippen LogP) is 8.24. The second kappa shape index (κ2) is 12.8. The largest absolute Gasteiger partial charge is 0.167 e. The van der Waals surface area contributed by atoms with Gasteiger partial charge in [-0.1, -0.05) is 149 Å². The summed E-state index contributed by atoms with van der Waals surface area (Å²) in [6.45, 7) is 6.99. The van der Waals surface area contributed by atoms with Gasteiger partial charge in [-0.2, -0.15) is 0 Å². The third-order valence-corrected chi connectivity index (χ3v) is 14.0. The molecule has 1 heterocycles. The zero-order valence-electron chi connectivity index (χ0n) is 22.5. The lowest BCUT2D eigenvalue weighted by atomic mass is 9.92. The highest BCUT2D eigenvalue weighted by atomic mass is 28.3. The van der Waals surface area contributed by atoms with Gasteiger partial charge < -0.3 is 0 Å². The Morgan fingerprint density at radius 3 is 1.59 bits per heavy atom. The van der Waals surface area contributed by atoms with Gasteiger partial charge in [0, 0.05) is 10.4 Å². The molecule has 1 aliphatic heterocycles. The van der Waals surface area contributed by atoms with Gasteiger partial charge >= 0.3 is 0 Å². The standard InChI is InChI=1S/C35H37Si2/c1-5-8-26-36(27-9-6-2)28-25-33-35(30-21-15-11-16-22-30)34(29-19-13-10-14-20-29)32(7-3)37(33,4)31-23-17-12-18-24-31/h3,10-24H,5-6,8-9,26-27H2,1-2,4H3. The van der Waals surface area contributed by atoms with E-state index in [-0.39, 0.29) is 0 Å². The summed E-state index contributed by atoms with van der Waals surface area (Å²) < 4.78 is 0. The Balaban J connectivity index is 2.03. The van der Waals surface area contributed by atoms with Crippen molar-refractivity contribution in [2.75, 3.05) is 0 Å². The van der Waals surface area contributed by atoms with Gasteiger partial charge in [-0.3, -0.25) is 0 Å². The van der Waals surface area contributed by atoms with Gasteiger partial charge in [-0.15, -0.1) is 12.0 Å². The Kier molecular flexibility index (Phi) is 9.24. The molecule has 0 bridgehead atoms. The minimum atomic E-state index is -2.48. The van der Waals surface area contributed by atoms with E-state index in [2.05, 4.69) is 129 Å². The molecule has 0 nitrogen and oxygen atoms in total. The van der Waals surface area contributed by atoms with Crippen LogP contribution in [0.5, 0.6) is 0 Å². The summed E-state index contributed by atoms with van der Waals surface area (Å²) >= 11 is 0. The second-order valence-electron chi connectivity index (χ2n) is 9.93. The average Bonchev–Trinajstić information content (AvgIpc) is 3.22. The normalized spacial score (nSPS) is 17.1. The fraction of sp³-hybridized carbons (Fsp3) is 0.257. The first-order valence-corrected chi connectivity index (χ1v) is 18.1. The van der Waals surface area contributed by atoms with E-state index in [1.165, 1.54) is 70.4 Å². The highest BCUT2D eigenvalue weighted by Crippen LogP contribution is 2.48. The van der Waals surface area contributed by atoms with Gasteiger partial charge in [0.1, 0.15) is 8.80 Å². The molecule has 0 N–H and O–H groups in total. The number of allylic oxidation sites excluding steroid dienone is 4. The summed E-state index contributed by atoms with van der Waals surface area (Å²) in [5.41, 5.74) is 8.75. The fourth-order valence-electron chi connectivity index (χ4n) is 5.31. The van der Waals surface area contributed by atoms with Crippen molar-refractivity contribution in [1.82, 2.24) is 0 Å². The van der Waals surface area contributed by atoms with Crippen LogP contribution in [0.4, 0.5) is 0 Å². The minimum Gasteiger partial charge on any atom is -0.129 e. The molecule has 0 aromatic heterocycles. The van der Waals surface area contributed by atoms with Crippen LogP contribution < -0.4 is 5.19 Å². The molecule has 0 saturated carbocycles. The van der Waals surface area contributed by atoms with Gasteiger partial charge in [0.05, 0.1) is 0 Å². The summed E-state index contributed by atoms with van der Waals surface area (Å²) in [5, 5.41) is 3.76. The highest BCUT2D eigenvalue weighted by Gasteiger charge is 2.46. The number of benzene rings is 3. The molecule has 3 aromatic rings. The van der Waals surface area contributed by atoms with E-state index in [0.717, 1.165) is 5.20 Å². The smallest absolute Gasteiger partial charge is 0.129 e. The van der Waals surface area contributed by atoms with E-state index in [0.29, 0.717) is 0 Å². The van der Waals surface area contributed by atoms with Gasteiger partial charge in [-0.25, -0.2) is 0 Å². The van der Waals surface area contributed by atoms with Gasteiger partial charge in [0.2, 0.25) is 0 Å². The zero-order chi connectivity index (χ0) is 26.1. The van der Waals surface area contributed by atoms with Crippen molar-refractivity contribution in [1.29, 1.82) is 0 Å². The third-order valence-electron chi connectivity index (χ3n) is 7.40. The molecule has 1 atom stereocenters. The Labute approximate surface area is 227 Å². The van der Waals surface area contributed by atoms with Crippen LogP contribution in [0.15, 0.2) is 101 Å². The maximum Gasteiger partial charge on any atom is 0.167 e. The maximum atomic E-state index is 6.42. The van der Waals surface area contributed by atoms with Gasteiger partial charge in [0.25, 0.3) is 0 Å². The Hall–Kier alpha value is -3.31. The molecule has 0 fully saturated rings. The first-order valence-electron chi connectivity index (χ1n) is 13.6. The molecule has 37 heavy (non-hydrogen) atoms. The molecule has 185 valence electrons. The number of terminal acetylenes is 1. The molecule has 1 radical (unpaired) electrons. The number of rotatable bonds is 9. The molecular formula is C35H37Si2. The lowest BCUT2D eigenvalue weighted by Crippen LogP contribution is -2.47. The van der Waals surface area contributed by atoms with Crippen LogP contribution >= 0.6 is 0 Å². The Morgan fingerprint density at radius 2 is 1.14 bits per heavy atom. The molecule has 4 rings (SSSR count). The van der Waals surface area contributed by atoms with Crippen LogP contribution in [-0.2, 0) is 0 Å².